The number of carbonyl (C=O) groups excluding carboxylic acids is 2. The van der Waals surface area contributed by atoms with Crippen LogP contribution in [-0.2, 0) is 4.79 Å². The summed E-state index contributed by atoms with van der Waals surface area (Å²) in [5.41, 5.74) is 2.02. The topological polar surface area (TPSA) is 37.4 Å². The molecule has 1 aliphatic carbocycles. The number of hydrogen-bond acceptors (Lipinski definition) is 2. The molecule has 1 aliphatic heterocycles. The smallest absolute Gasteiger partial charge is 0.254 e. The molecular weight excluding hydrogens is 238 g/mol. The Hall–Kier alpha value is -1.90. The van der Waals surface area contributed by atoms with Crippen LogP contribution < -0.4 is 0 Å². The van der Waals surface area contributed by atoms with Gasteiger partial charge in [-0.2, -0.15) is 0 Å². The lowest BCUT2D eigenvalue weighted by Gasteiger charge is -2.36. The van der Waals surface area contributed by atoms with Gasteiger partial charge in [-0.05, 0) is 24.5 Å². The lowest BCUT2D eigenvalue weighted by atomic mass is 9.82. The van der Waals surface area contributed by atoms with Crippen LogP contribution in [0.15, 0.2) is 42.0 Å². The highest BCUT2D eigenvalue weighted by Crippen LogP contribution is 2.30. The van der Waals surface area contributed by atoms with Crippen molar-refractivity contribution >= 4 is 11.7 Å². The molecule has 1 fully saturated rings. The average molecular weight is 255 g/mol. The number of likely N-dealkylation sites (tertiary alicyclic amines) is 1. The molecule has 3 nitrogen and oxygen atoms in total. The van der Waals surface area contributed by atoms with E-state index in [2.05, 4.69) is 0 Å². The van der Waals surface area contributed by atoms with E-state index in [1.807, 2.05) is 41.3 Å². The number of ketones is 1. The van der Waals surface area contributed by atoms with E-state index in [-0.39, 0.29) is 5.91 Å². The maximum absolute atomic E-state index is 12.4. The molecule has 1 amide bonds. The Morgan fingerprint density at radius 2 is 2.00 bits per heavy atom. The van der Waals surface area contributed by atoms with Crippen molar-refractivity contribution in [2.45, 2.75) is 19.3 Å². The maximum atomic E-state index is 12.4. The van der Waals surface area contributed by atoms with Gasteiger partial charge in [0.25, 0.3) is 5.91 Å². The summed E-state index contributed by atoms with van der Waals surface area (Å²) in [4.78, 5) is 25.7. The number of nitrogens with zero attached hydrogens (tertiary/aromatic N) is 1. The van der Waals surface area contributed by atoms with Crippen LogP contribution in [0.2, 0.25) is 0 Å². The Morgan fingerprint density at radius 3 is 2.79 bits per heavy atom. The molecule has 1 aromatic carbocycles. The highest BCUT2D eigenvalue weighted by molar-refractivity contribution is 5.94. The fourth-order valence-corrected chi connectivity index (χ4v) is 2.93. The first-order valence-corrected chi connectivity index (χ1v) is 6.79. The van der Waals surface area contributed by atoms with Gasteiger partial charge in [0.2, 0.25) is 0 Å². The average Bonchev–Trinajstić information content (AvgIpc) is 2.47. The predicted molar refractivity (Wildman–Crippen MR) is 72.8 cm³/mol. The number of allylic oxidation sites excluding steroid dienone is 1. The molecule has 1 aromatic rings. The number of piperidine rings is 1. The third-order valence-corrected chi connectivity index (χ3v) is 4.02. The molecule has 0 N–H and O–H groups in total. The Labute approximate surface area is 112 Å². The van der Waals surface area contributed by atoms with Crippen LogP contribution in [0.25, 0.3) is 0 Å². The van der Waals surface area contributed by atoms with Gasteiger partial charge in [0.05, 0.1) is 0 Å². The van der Waals surface area contributed by atoms with E-state index >= 15 is 0 Å². The van der Waals surface area contributed by atoms with Gasteiger partial charge in [0, 0.05) is 31.5 Å². The standard InChI is InChI=1S/C16H17NO2/c18-15-7-6-14-11-17(9-8-13(14)10-15)16(19)12-4-2-1-3-5-12/h1-6,13H,7-11H2. The first kappa shape index (κ1) is 12.2. The number of carbonyl (C=O) groups is 2. The molecule has 1 unspecified atom stereocenters. The molecule has 0 bridgehead atoms. The van der Waals surface area contributed by atoms with Crippen LogP contribution in [-0.4, -0.2) is 29.7 Å². The second-order valence-electron chi connectivity index (χ2n) is 5.30. The van der Waals surface area contributed by atoms with E-state index in [1.165, 1.54) is 5.57 Å². The molecule has 0 radical (unpaired) electrons. The summed E-state index contributed by atoms with van der Waals surface area (Å²) in [7, 11) is 0. The van der Waals surface area contributed by atoms with Gasteiger partial charge in [-0.15, -0.1) is 0 Å². The molecule has 3 rings (SSSR count). The third kappa shape index (κ3) is 2.46. The van der Waals surface area contributed by atoms with Crippen molar-refractivity contribution in [3.63, 3.8) is 0 Å². The van der Waals surface area contributed by atoms with Gasteiger partial charge >= 0.3 is 0 Å². The highest BCUT2D eigenvalue weighted by atomic mass is 16.2. The highest BCUT2D eigenvalue weighted by Gasteiger charge is 2.30. The van der Waals surface area contributed by atoms with Crippen LogP contribution in [0.1, 0.15) is 29.6 Å². The summed E-state index contributed by atoms with van der Waals surface area (Å²) in [6, 6.07) is 9.40. The molecule has 98 valence electrons. The molecule has 19 heavy (non-hydrogen) atoms. The first-order valence-electron chi connectivity index (χ1n) is 6.79. The molecule has 0 saturated carbocycles. The fraction of sp³-hybridized carbons (Fsp3) is 0.375. The number of hydrogen-bond donors (Lipinski definition) is 0. The third-order valence-electron chi connectivity index (χ3n) is 4.02. The molecular formula is C16H17NO2. The predicted octanol–water partition coefficient (Wildman–Crippen LogP) is 2.44. The van der Waals surface area contributed by atoms with Crippen LogP contribution in [0.3, 0.4) is 0 Å². The first-order chi connectivity index (χ1) is 9.24. The minimum atomic E-state index is 0.0943. The van der Waals surface area contributed by atoms with E-state index in [4.69, 9.17) is 0 Å². The van der Waals surface area contributed by atoms with Gasteiger partial charge in [-0.1, -0.05) is 29.8 Å². The number of benzene rings is 1. The van der Waals surface area contributed by atoms with Crippen LogP contribution in [0.4, 0.5) is 0 Å². The quantitative estimate of drug-likeness (QED) is 0.723. The summed E-state index contributed by atoms with van der Waals surface area (Å²) in [5, 5.41) is 0. The van der Waals surface area contributed by atoms with Crippen molar-refractivity contribution in [3.8, 4) is 0 Å². The van der Waals surface area contributed by atoms with Gasteiger partial charge < -0.3 is 4.90 Å². The van der Waals surface area contributed by atoms with Gasteiger partial charge in [-0.25, -0.2) is 0 Å². The van der Waals surface area contributed by atoms with Gasteiger partial charge in [-0.3, -0.25) is 9.59 Å². The van der Waals surface area contributed by atoms with Crippen LogP contribution >= 0.6 is 0 Å². The Kier molecular flexibility index (Phi) is 3.20. The second-order valence-corrected chi connectivity index (χ2v) is 5.30. The van der Waals surface area contributed by atoms with Gasteiger partial charge in [0.1, 0.15) is 5.78 Å². The summed E-state index contributed by atoms with van der Waals surface area (Å²) in [5.74, 6) is 0.800. The Morgan fingerprint density at radius 1 is 1.21 bits per heavy atom. The summed E-state index contributed by atoms with van der Waals surface area (Å²) >= 11 is 0. The van der Waals surface area contributed by atoms with E-state index in [0.717, 1.165) is 18.5 Å². The van der Waals surface area contributed by atoms with Crippen molar-refractivity contribution in [1.82, 2.24) is 4.90 Å². The zero-order chi connectivity index (χ0) is 13.2. The summed E-state index contributed by atoms with van der Waals surface area (Å²) in [6.07, 6.45) is 4.15. The normalized spacial score (nSPS) is 22.7. The fourth-order valence-electron chi connectivity index (χ4n) is 2.93. The van der Waals surface area contributed by atoms with E-state index in [0.29, 0.717) is 31.1 Å². The molecule has 2 aliphatic rings. The van der Waals surface area contributed by atoms with Crippen LogP contribution in [0.5, 0.6) is 0 Å². The van der Waals surface area contributed by atoms with Crippen molar-refractivity contribution in [1.29, 1.82) is 0 Å². The molecule has 1 saturated heterocycles. The van der Waals surface area contributed by atoms with Crippen molar-refractivity contribution in [3.05, 3.63) is 47.5 Å². The second kappa shape index (κ2) is 5.00. The number of Topliss-reactive ketones (excluding diaryl/α,β-unsaturated/α-hetero) is 1. The van der Waals surface area contributed by atoms with Crippen LogP contribution in [0, 0.1) is 5.92 Å². The molecule has 1 heterocycles. The van der Waals surface area contributed by atoms with Crippen molar-refractivity contribution in [2.75, 3.05) is 13.1 Å². The number of amides is 1. The largest absolute Gasteiger partial charge is 0.335 e. The van der Waals surface area contributed by atoms with E-state index in [1.54, 1.807) is 0 Å². The monoisotopic (exact) mass is 255 g/mol. The lowest BCUT2D eigenvalue weighted by Crippen LogP contribution is -2.41. The molecule has 1 atom stereocenters. The summed E-state index contributed by atoms with van der Waals surface area (Å²) in [6.45, 7) is 1.44. The molecule has 0 aromatic heterocycles. The minimum absolute atomic E-state index is 0.0943. The molecule has 3 heteroatoms. The van der Waals surface area contributed by atoms with E-state index < -0.39 is 0 Å². The number of fused-ring (bicyclic) bond motifs is 1. The SMILES string of the molecule is O=C1CC=C2CN(C(=O)c3ccccc3)CCC2C1. The van der Waals surface area contributed by atoms with Gasteiger partial charge in [0.15, 0.2) is 0 Å². The Balaban J connectivity index is 1.75. The van der Waals surface area contributed by atoms with E-state index in [9.17, 15) is 9.59 Å². The minimum Gasteiger partial charge on any atom is -0.335 e. The maximum Gasteiger partial charge on any atom is 0.254 e. The number of rotatable bonds is 1. The summed E-state index contributed by atoms with van der Waals surface area (Å²) < 4.78 is 0. The van der Waals surface area contributed by atoms with Crippen molar-refractivity contribution in [2.24, 2.45) is 5.92 Å². The Bertz CT molecular complexity index is 533. The molecule has 0 spiro atoms. The zero-order valence-corrected chi connectivity index (χ0v) is 10.8. The van der Waals surface area contributed by atoms with Crippen molar-refractivity contribution < 1.29 is 9.59 Å². The zero-order valence-electron chi connectivity index (χ0n) is 10.8. The lowest BCUT2D eigenvalue weighted by molar-refractivity contribution is -0.119.